The molecule has 1 fully saturated rings. The van der Waals surface area contributed by atoms with E-state index in [1.54, 1.807) is 0 Å². The number of benzene rings is 1. The van der Waals surface area contributed by atoms with Crippen LogP contribution in [0.3, 0.4) is 0 Å². The SMILES string of the molecule is CCOC1CC(N)(C(=O)NC(C)c2ccc3c(c2)CCC(=O)N3)C1(C)C. The van der Waals surface area contributed by atoms with Crippen LogP contribution in [0, 0.1) is 5.41 Å². The first kappa shape index (κ1) is 18.9. The summed E-state index contributed by atoms with van der Waals surface area (Å²) in [6.07, 6.45) is 1.75. The maximum Gasteiger partial charge on any atom is 0.241 e. The van der Waals surface area contributed by atoms with E-state index >= 15 is 0 Å². The van der Waals surface area contributed by atoms with Crippen LogP contribution < -0.4 is 16.4 Å². The van der Waals surface area contributed by atoms with Gasteiger partial charge in [-0.05, 0) is 37.5 Å². The number of rotatable bonds is 5. The van der Waals surface area contributed by atoms with Crippen LogP contribution >= 0.6 is 0 Å². The number of fused-ring (bicyclic) bond motifs is 1. The second-order valence-electron chi connectivity index (χ2n) is 8.00. The standard InChI is InChI=1S/C20H29N3O3/c1-5-26-16-11-20(21,19(16,3)4)18(25)22-12(2)13-6-8-15-14(10-13)7-9-17(24)23-15/h6,8,10,12,16H,5,7,9,11,21H2,1-4H3,(H,22,25)(H,23,24). The van der Waals surface area contributed by atoms with Gasteiger partial charge in [-0.25, -0.2) is 0 Å². The first-order chi connectivity index (χ1) is 12.2. The van der Waals surface area contributed by atoms with Crippen LogP contribution in [0.4, 0.5) is 5.69 Å². The molecule has 6 heteroatoms. The van der Waals surface area contributed by atoms with Gasteiger partial charge >= 0.3 is 0 Å². The van der Waals surface area contributed by atoms with Gasteiger partial charge in [-0.15, -0.1) is 0 Å². The lowest BCUT2D eigenvalue weighted by atomic mass is 9.54. The summed E-state index contributed by atoms with van der Waals surface area (Å²) in [6, 6.07) is 5.74. The maximum absolute atomic E-state index is 12.9. The molecule has 3 rings (SSSR count). The second-order valence-corrected chi connectivity index (χ2v) is 8.00. The lowest BCUT2D eigenvalue weighted by molar-refractivity contribution is -0.171. The van der Waals surface area contributed by atoms with Crippen LogP contribution in [0.1, 0.15) is 57.7 Å². The molecular formula is C20H29N3O3. The monoisotopic (exact) mass is 359 g/mol. The van der Waals surface area contributed by atoms with E-state index in [-0.39, 0.29) is 24.0 Å². The molecule has 1 aromatic rings. The number of hydrogen-bond acceptors (Lipinski definition) is 4. The first-order valence-electron chi connectivity index (χ1n) is 9.33. The van der Waals surface area contributed by atoms with Crippen LogP contribution in [-0.2, 0) is 20.7 Å². The fraction of sp³-hybridized carbons (Fsp3) is 0.600. The number of hydrogen-bond donors (Lipinski definition) is 3. The molecular weight excluding hydrogens is 330 g/mol. The van der Waals surface area contributed by atoms with E-state index in [1.807, 2.05) is 39.8 Å². The lowest BCUT2D eigenvalue weighted by Crippen LogP contribution is -2.75. The molecule has 2 amide bonds. The Morgan fingerprint density at radius 2 is 2.15 bits per heavy atom. The van der Waals surface area contributed by atoms with Gasteiger partial charge in [0.05, 0.1) is 12.1 Å². The van der Waals surface area contributed by atoms with Crippen LogP contribution in [0.15, 0.2) is 18.2 Å². The molecule has 4 N–H and O–H groups in total. The van der Waals surface area contributed by atoms with E-state index < -0.39 is 11.0 Å². The van der Waals surface area contributed by atoms with Crippen molar-refractivity contribution in [2.45, 2.75) is 64.6 Å². The molecule has 3 atom stereocenters. The van der Waals surface area contributed by atoms with Gasteiger partial charge < -0.3 is 21.1 Å². The smallest absolute Gasteiger partial charge is 0.241 e. The molecule has 1 saturated carbocycles. The first-order valence-corrected chi connectivity index (χ1v) is 9.33. The van der Waals surface area contributed by atoms with Crippen LogP contribution in [0.25, 0.3) is 0 Å². The van der Waals surface area contributed by atoms with Gasteiger partial charge in [-0.1, -0.05) is 26.0 Å². The topological polar surface area (TPSA) is 93.4 Å². The molecule has 142 valence electrons. The molecule has 6 nitrogen and oxygen atoms in total. The maximum atomic E-state index is 12.9. The molecule has 1 heterocycles. The number of anilines is 1. The summed E-state index contributed by atoms with van der Waals surface area (Å²) in [5, 5.41) is 5.94. The zero-order valence-corrected chi connectivity index (χ0v) is 16.0. The highest BCUT2D eigenvalue weighted by Gasteiger charge is 2.62. The van der Waals surface area contributed by atoms with E-state index in [9.17, 15) is 9.59 Å². The molecule has 3 unspecified atom stereocenters. The van der Waals surface area contributed by atoms with Crippen LogP contribution in [-0.4, -0.2) is 30.1 Å². The minimum absolute atomic E-state index is 0.00547. The summed E-state index contributed by atoms with van der Waals surface area (Å²) in [5.74, 6) is -0.0929. The Kier molecular flexibility index (Phi) is 4.84. The predicted octanol–water partition coefficient (Wildman–Crippen LogP) is 2.28. The molecule has 0 bridgehead atoms. The minimum Gasteiger partial charge on any atom is -0.378 e. The average Bonchev–Trinajstić information content (AvgIpc) is 2.60. The van der Waals surface area contributed by atoms with Crippen molar-refractivity contribution in [2.75, 3.05) is 11.9 Å². The number of amides is 2. The van der Waals surface area contributed by atoms with Gasteiger partial charge in [0.15, 0.2) is 0 Å². The highest BCUT2D eigenvalue weighted by Crippen LogP contribution is 2.50. The summed E-state index contributed by atoms with van der Waals surface area (Å²) in [5.41, 5.74) is 8.09. The molecule has 0 aromatic heterocycles. The number of nitrogens with two attached hydrogens (primary N) is 1. The van der Waals surface area contributed by atoms with E-state index in [0.29, 0.717) is 19.4 Å². The number of carbonyl (C=O) groups is 2. The molecule has 2 aliphatic rings. The highest BCUT2D eigenvalue weighted by molar-refractivity contribution is 5.94. The summed E-state index contributed by atoms with van der Waals surface area (Å²) in [6.45, 7) is 8.50. The third-order valence-corrected chi connectivity index (χ3v) is 6.11. The molecule has 1 aliphatic heterocycles. The number of carbonyl (C=O) groups excluding carboxylic acids is 2. The third-order valence-electron chi connectivity index (χ3n) is 6.11. The van der Waals surface area contributed by atoms with Crippen molar-refractivity contribution in [1.29, 1.82) is 0 Å². The molecule has 0 radical (unpaired) electrons. The second kappa shape index (κ2) is 6.67. The quantitative estimate of drug-likeness (QED) is 0.752. The molecule has 1 aromatic carbocycles. The van der Waals surface area contributed by atoms with Crippen molar-refractivity contribution in [2.24, 2.45) is 11.1 Å². The summed E-state index contributed by atoms with van der Waals surface area (Å²) >= 11 is 0. The van der Waals surface area contributed by atoms with E-state index in [2.05, 4.69) is 16.7 Å². The largest absolute Gasteiger partial charge is 0.378 e. The lowest BCUT2D eigenvalue weighted by Gasteiger charge is -2.57. The summed E-state index contributed by atoms with van der Waals surface area (Å²) in [7, 11) is 0. The van der Waals surface area contributed by atoms with Crippen molar-refractivity contribution in [3.8, 4) is 0 Å². The van der Waals surface area contributed by atoms with E-state index in [0.717, 1.165) is 23.2 Å². The Labute approximate surface area is 154 Å². The van der Waals surface area contributed by atoms with E-state index in [1.165, 1.54) is 0 Å². The zero-order chi connectivity index (χ0) is 19.1. The molecule has 0 saturated heterocycles. The Morgan fingerprint density at radius 3 is 2.81 bits per heavy atom. The van der Waals surface area contributed by atoms with Crippen molar-refractivity contribution in [3.05, 3.63) is 29.3 Å². The van der Waals surface area contributed by atoms with Crippen LogP contribution in [0.2, 0.25) is 0 Å². The Balaban J connectivity index is 1.69. The van der Waals surface area contributed by atoms with Gasteiger partial charge in [-0.3, -0.25) is 9.59 Å². The van der Waals surface area contributed by atoms with Crippen molar-refractivity contribution in [3.63, 3.8) is 0 Å². The zero-order valence-electron chi connectivity index (χ0n) is 16.0. The van der Waals surface area contributed by atoms with Crippen LogP contribution in [0.5, 0.6) is 0 Å². The van der Waals surface area contributed by atoms with Gasteiger partial charge in [0.25, 0.3) is 0 Å². The normalized spacial score (nSPS) is 27.7. The fourth-order valence-corrected chi connectivity index (χ4v) is 3.90. The Morgan fingerprint density at radius 1 is 1.42 bits per heavy atom. The van der Waals surface area contributed by atoms with Gasteiger partial charge in [0, 0.05) is 30.6 Å². The minimum atomic E-state index is -0.927. The molecule has 1 aliphatic carbocycles. The average molecular weight is 359 g/mol. The number of ether oxygens (including phenoxy) is 1. The van der Waals surface area contributed by atoms with Crippen molar-refractivity contribution < 1.29 is 14.3 Å². The molecule has 0 spiro atoms. The Bertz CT molecular complexity index is 731. The number of aryl methyl sites for hydroxylation is 1. The van der Waals surface area contributed by atoms with Crippen molar-refractivity contribution >= 4 is 17.5 Å². The van der Waals surface area contributed by atoms with Gasteiger partial charge in [-0.2, -0.15) is 0 Å². The fourth-order valence-electron chi connectivity index (χ4n) is 3.90. The third kappa shape index (κ3) is 3.01. The van der Waals surface area contributed by atoms with Crippen molar-refractivity contribution in [1.82, 2.24) is 5.32 Å². The van der Waals surface area contributed by atoms with Gasteiger partial charge in [0.1, 0.15) is 5.54 Å². The summed E-state index contributed by atoms with van der Waals surface area (Å²) in [4.78, 5) is 24.4. The van der Waals surface area contributed by atoms with Gasteiger partial charge in [0.2, 0.25) is 11.8 Å². The van der Waals surface area contributed by atoms with E-state index in [4.69, 9.17) is 10.5 Å². The Hall–Kier alpha value is -1.92. The predicted molar refractivity (Wildman–Crippen MR) is 101 cm³/mol. The summed E-state index contributed by atoms with van der Waals surface area (Å²) < 4.78 is 5.70. The highest BCUT2D eigenvalue weighted by atomic mass is 16.5. The molecule has 26 heavy (non-hydrogen) atoms. The number of nitrogens with one attached hydrogen (secondary N) is 2.